The number of ether oxygens (including phenoxy) is 1. The van der Waals surface area contributed by atoms with Crippen LogP contribution in [-0.4, -0.2) is 20.8 Å². The van der Waals surface area contributed by atoms with Crippen LogP contribution in [0.1, 0.15) is 51.0 Å². The van der Waals surface area contributed by atoms with Crippen molar-refractivity contribution in [2.75, 3.05) is 12.4 Å². The summed E-state index contributed by atoms with van der Waals surface area (Å²) in [5.41, 5.74) is 0.895. The van der Waals surface area contributed by atoms with Gasteiger partial charge in [0.15, 0.2) is 0 Å². The minimum Gasteiger partial charge on any atom is -0.493 e. The van der Waals surface area contributed by atoms with Crippen molar-refractivity contribution in [3.05, 3.63) is 29.8 Å². The summed E-state index contributed by atoms with van der Waals surface area (Å²) in [7, 11) is 1.97. The van der Waals surface area contributed by atoms with Gasteiger partial charge in [-0.3, -0.25) is 0 Å². The summed E-state index contributed by atoms with van der Waals surface area (Å²) in [6, 6.07) is 8.00. The predicted molar refractivity (Wildman–Crippen MR) is 86.6 cm³/mol. The van der Waals surface area contributed by atoms with Crippen molar-refractivity contribution in [2.45, 2.75) is 45.4 Å². The third-order valence-electron chi connectivity index (χ3n) is 4.21. The quantitative estimate of drug-likeness (QED) is 0.730. The summed E-state index contributed by atoms with van der Waals surface area (Å²) in [5.74, 6) is 1.25. The van der Waals surface area contributed by atoms with Crippen LogP contribution in [0.15, 0.2) is 24.3 Å². The molecule has 0 aromatic heterocycles. The van der Waals surface area contributed by atoms with Gasteiger partial charge in [-0.15, -0.1) is 0 Å². The molecule has 1 aromatic carbocycles. The van der Waals surface area contributed by atoms with Crippen molar-refractivity contribution in [1.29, 1.82) is 0 Å². The van der Waals surface area contributed by atoms with Gasteiger partial charge in [0.25, 0.3) is 0 Å². The van der Waals surface area contributed by atoms with E-state index in [0.717, 1.165) is 31.4 Å². The maximum Gasteiger partial charge on any atom is 0.233 e. The van der Waals surface area contributed by atoms with Crippen molar-refractivity contribution < 1.29 is 13.2 Å². The lowest BCUT2D eigenvalue weighted by Crippen LogP contribution is -2.32. The first-order valence-corrected chi connectivity index (χ1v) is 9.93. The molecule has 0 N–H and O–H groups in total. The SMILES string of the molecule is CC(C)c1cccc(OCC2(CS(=O)(=O)Cl)CCCC2)c1. The van der Waals surface area contributed by atoms with E-state index in [1.54, 1.807) is 0 Å². The van der Waals surface area contributed by atoms with E-state index in [-0.39, 0.29) is 11.2 Å². The second-order valence-corrected chi connectivity index (χ2v) is 9.18. The van der Waals surface area contributed by atoms with E-state index in [1.807, 2.05) is 18.2 Å². The molecule has 1 aliphatic carbocycles. The molecule has 0 bridgehead atoms. The molecule has 0 heterocycles. The average molecular weight is 331 g/mol. The first kappa shape index (κ1) is 16.6. The van der Waals surface area contributed by atoms with E-state index < -0.39 is 9.05 Å². The molecule has 0 amide bonds. The molecule has 3 nitrogen and oxygen atoms in total. The minimum atomic E-state index is -3.50. The summed E-state index contributed by atoms with van der Waals surface area (Å²) < 4.78 is 28.8. The molecule has 0 radical (unpaired) electrons. The zero-order valence-electron chi connectivity index (χ0n) is 12.6. The van der Waals surface area contributed by atoms with Crippen molar-refractivity contribution >= 4 is 19.7 Å². The molecule has 5 heteroatoms. The highest BCUT2D eigenvalue weighted by Crippen LogP contribution is 2.40. The first-order chi connectivity index (χ1) is 9.80. The fourth-order valence-corrected chi connectivity index (χ4v) is 4.82. The summed E-state index contributed by atoms with van der Waals surface area (Å²) in [4.78, 5) is 0. The lowest BCUT2D eigenvalue weighted by Gasteiger charge is -2.27. The number of hydrogen-bond donors (Lipinski definition) is 0. The monoisotopic (exact) mass is 330 g/mol. The van der Waals surface area contributed by atoms with Gasteiger partial charge in [-0.05, 0) is 36.5 Å². The van der Waals surface area contributed by atoms with Crippen LogP contribution in [0.3, 0.4) is 0 Å². The number of rotatable bonds is 6. The normalized spacial score (nSPS) is 18.1. The van der Waals surface area contributed by atoms with Gasteiger partial charge >= 0.3 is 0 Å². The molecular formula is C16H23ClO3S. The van der Waals surface area contributed by atoms with Gasteiger partial charge in [-0.2, -0.15) is 0 Å². The first-order valence-electron chi connectivity index (χ1n) is 7.45. The molecule has 118 valence electrons. The zero-order valence-corrected chi connectivity index (χ0v) is 14.2. The smallest absolute Gasteiger partial charge is 0.233 e. The molecule has 1 aliphatic rings. The Bertz CT molecular complexity index is 575. The summed E-state index contributed by atoms with van der Waals surface area (Å²) >= 11 is 0. The van der Waals surface area contributed by atoms with Crippen LogP contribution >= 0.6 is 10.7 Å². The van der Waals surface area contributed by atoms with E-state index in [2.05, 4.69) is 19.9 Å². The van der Waals surface area contributed by atoms with Crippen LogP contribution in [0.25, 0.3) is 0 Å². The maximum absolute atomic E-state index is 11.5. The predicted octanol–water partition coefficient (Wildman–Crippen LogP) is 4.32. The van der Waals surface area contributed by atoms with Crippen LogP contribution in [-0.2, 0) is 9.05 Å². The van der Waals surface area contributed by atoms with E-state index in [1.165, 1.54) is 5.56 Å². The Labute approximate surface area is 132 Å². The van der Waals surface area contributed by atoms with Crippen LogP contribution in [0.4, 0.5) is 0 Å². The zero-order chi connectivity index (χ0) is 15.5. The van der Waals surface area contributed by atoms with Crippen LogP contribution in [0, 0.1) is 5.41 Å². The molecule has 1 saturated carbocycles. The van der Waals surface area contributed by atoms with Gasteiger partial charge in [0.05, 0.1) is 12.4 Å². The molecule has 21 heavy (non-hydrogen) atoms. The number of halogens is 1. The summed E-state index contributed by atoms with van der Waals surface area (Å²) in [6.45, 7) is 4.69. The van der Waals surface area contributed by atoms with Gasteiger partial charge in [-0.1, -0.05) is 38.8 Å². The largest absolute Gasteiger partial charge is 0.493 e. The van der Waals surface area contributed by atoms with Crippen LogP contribution < -0.4 is 4.74 Å². The third-order valence-corrected chi connectivity index (χ3v) is 5.50. The molecule has 0 aliphatic heterocycles. The van der Waals surface area contributed by atoms with Crippen molar-refractivity contribution in [1.82, 2.24) is 0 Å². The van der Waals surface area contributed by atoms with E-state index in [4.69, 9.17) is 15.4 Å². The standard InChI is InChI=1S/C16H23ClO3S/c1-13(2)14-6-5-7-15(10-14)20-11-16(8-3-4-9-16)12-21(17,18)19/h5-7,10,13H,3-4,8-9,11-12H2,1-2H3. The van der Waals surface area contributed by atoms with Gasteiger partial charge in [0.2, 0.25) is 9.05 Å². The Morgan fingerprint density at radius 2 is 1.95 bits per heavy atom. The summed E-state index contributed by atoms with van der Waals surface area (Å²) in [5, 5.41) is 0. The molecule has 0 saturated heterocycles. The van der Waals surface area contributed by atoms with Gasteiger partial charge in [0.1, 0.15) is 5.75 Å². The molecule has 2 rings (SSSR count). The highest BCUT2D eigenvalue weighted by atomic mass is 35.7. The second kappa shape index (κ2) is 6.57. The van der Waals surface area contributed by atoms with E-state index in [9.17, 15) is 8.42 Å². The Morgan fingerprint density at radius 3 is 2.52 bits per heavy atom. The lowest BCUT2D eigenvalue weighted by molar-refractivity contribution is 0.171. The van der Waals surface area contributed by atoms with Crippen LogP contribution in [0.5, 0.6) is 5.75 Å². The Morgan fingerprint density at radius 1 is 1.29 bits per heavy atom. The highest BCUT2D eigenvalue weighted by molar-refractivity contribution is 8.13. The molecule has 0 atom stereocenters. The van der Waals surface area contributed by atoms with Crippen molar-refractivity contribution in [3.8, 4) is 5.75 Å². The van der Waals surface area contributed by atoms with E-state index >= 15 is 0 Å². The molecular weight excluding hydrogens is 308 g/mol. The van der Waals surface area contributed by atoms with Crippen molar-refractivity contribution in [2.24, 2.45) is 5.41 Å². The van der Waals surface area contributed by atoms with Crippen LogP contribution in [0.2, 0.25) is 0 Å². The van der Waals surface area contributed by atoms with Crippen molar-refractivity contribution in [3.63, 3.8) is 0 Å². The Balaban J connectivity index is 2.07. The maximum atomic E-state index is 11.5. The molecule has 1 aromatic rings. The van der Waals surface area contributed by atoms with E-state index in [0.29, 0.717) is 12.5 Å². The lowest BCUT2D eigenvalue weighted by atomic mass is 9.90. The summed E-state index contributed by atoms with van der Waals surface area (Å²) in [6.07, 6.45) is 3.81. The van der Waals surface area contributed by atoms with Gasteiger partial charge in [0, 0.05) is 16.1 Å². The highest BCUT2D eigenvalue weighted by Gasteiger charge is 2.38. The average Bonchev–Trinajstić information content (AvgIpc) is 2.83. The molecule has 0 unspecified atom stereocenters. The molecule has 1 fully saturated rings. The third kappa shape index (κ3) is 4.89. The Hall–Kier alpha value is -0.740. The fourth-order valence-electron chi connectivity index (χ4n) is 3.02. The number of benzene rings is 1. The fraction of sp³-hybridized carbons (Fsp3) is 0.625. The number of hydrogen-bond acceptors (Lipinski definition) is 3. The Kier molecular flexibility index (Phi) is 5.20. The second-order valence-electron chi connectivity index (χ2n) is 6.41. The topological polar surface area (TPSA) is 43.4 Å². The minimum absolute atomic E-state index is 0.00538. The molecule has 0 spiro atoms. The van der Waals surface area contributed by atoms with Gasteiger partial charge < -0.3 is 4.74 Å². The van der Waals surface area contributed by atoms with Gasteiger partial charge in [-0.25, -0.2) is 8.42 Å².